The van der Waals surface area contributed by atoms with E-state index in [1.807, 2.05) is 0 Å². The highest BCUT2D eigenvalue weighted by molar-refractivity contribution is 5.85. The van der Waals surface area contributed by atoms with Crippen LogP contribution >= 0.6 is 0 Å². The van der Waals surface area contributed by atoms with Gasteiger partial charge in [-0.15, -0.1) is 0 Å². The van der Waals surface area contributed by atoms with Gasteiger partial charge in [0.05, 0.1) is 0 Å². The van der Waals surface area contributed by atoms with Gasteiger partial charge in [-0.2, -0.15) is 0 Å². The molecule has 0 rings (SSSR count). The van der Waals surface area contributed by atoms with E-state index < -0.39 is 35.2 Å². The molecular weight excluding hydrogens is 388 g/mol. The second-order valence-electron chi connectivity index (χ2n) is 8.48. The summed E-state index contributed by atoms with van der Waals surface area (Å²) in [6.45, 7) is 4.19. The quantitative estimate of drug-likeness (QED) is 0.170. The zero-order valence-corrected chi connectivity index (χ0v) is 18.8. The molecule has 0 aromatic rings. The van der Waals surface area contributed by atoms with Crippen molar-refractivity contribution in [1.82, 2.24) is 0 Å². The van der Waals surface area contributed by atoms with Gasteiger partial charge in [0.25, 0.3) is 5.91 Å². The average molecular weight is 433 g/mol. The Bertz CT molecular complexity index is 504. The topological polar surface area (TPSA) is 167 Å². The number of aliphatic hydroxyl groups excluding tert-OH is 2. The summed E-state index contributed by atoms with van der Waals surface area (Å²) >= 11 is 0. The summed E-state index contributed by atoms with van der Waals surface area (Å²) in [5, 5.41) is 42.9. The predicted octanol–water partition coefficient (Wildman–Crippen LogP) is 1.64. The molecule has 0 aromatic carbocycles. The molecule has 0 aliphatic heterocycles. The van der Waals surface area contributed by atoms with Gasteiger partial charge in [0.1, 0.15) is 11.7 Å². The van der Waals surface area contributed by atoms with Gasteiger partial charge in [0.15, 0.2) is 11.7 Å². The first-order chi connectivity index (χ1) is 14.1. The number of amides is 2. The standard InChI is InChI=1S/C22H44N2O6/c1-3-5-7-9-11-13-15-21(29,18(26)17(25)19(23)27)22(30,20(24)28)16-14-12-10-8-6-4-2/h17-18,25-26,29-30H,3-16H2,1-2H3,(H2,23,27)(H2,24,28). The number of hydrogen-bond acceptors (Lipinski definition) is 6. The van der Waals surface area contributed by atoms with Crippen molar-refractivity contribution in [2.24, 2.45) is 11.5 Å². The summed E-state index contributed by atoms with van der Waals surface area (Å²) in [7, 11) is 0. The Hall–Kier alpha value is -1.22. The number of carbonyl (C=O) groups is 2. The summed E-state index contributed by atoms with van der Waals surface area (Å²) in [6.07, 6.45) is 5.74. The molecule has 4 unspecified atom stereocenters. The number of primary amides is 2. The highest BCUT2D eigenvalue weighted by Gasteiger charge is 2.59. The van der Waals surface area contributed by atoms with Crippen LogP contribution < -0.4 is 11.5 Å². The molecule has 0 fully saturated rings. The van der Waals surface area contributed by atoms with E-state index in [4.69, 9.17) is 11.5 Å². The van der Waals surface area contributed by atoms with E-state index in [0.29, 0.717) is 19.3 Å². The van der Waals surface area contributed by atoms with Gasteiger partial charge in [-0.1, -0.05) is 84.5 Å². The second-order valence-corrected chi connectivity index (χ2v) is 8.48. The van der Waals surface area contributed by atoms with Crippen LogP contribution in [-0.2, 0) is 9.59 Å². The fraction of sp³-hybridized carbons (Fsp3) is 0.909. The van der Waals surface area contributed by atoms with E-state index in [2.05, 4.69) is 13.8 Å². The number of carbonyl (C=O) groups excluding carboxylic acids is 2. The molecule has 2 amide bonds. The first-order valence-corrected chi connectivity index (χ1v) is 11.5. The fourth-order valence-corrected chi connectivity index (χ4v) is 3.91. The number of unbranched alkanes of at least 4 members (excludes halogenated alkanes) is 10. The van der Waals surface area contributed by atoms with Gasteiger partial charge < -0.3 is 31.9 Å². The Kier molecular flexibility index (Phi) is 14.1. The summed E-state index contributed by atoms with van der Waals surface area (Å²) in [6, 6.07) is 0. The van der Waals surface area contributed by atoms with Crippen LogP contribution in [0.2, 0.25) is 0 Å². The smallest absolute Gasteiger partial charge is 0.252 e. The lowest BCUT2D eigenvalue weighted by atomic mass is 9.70. The van der Waals surface area contributed by atoms with Crippen LogP contribution in [0.25, 0.3) is 0 Å². The first kappa shape index (κ1) is 28.8. The Balaban J connectivity index is 5.39. The first-order valence-electron chi connectivity index (χ1n) is 11.5. The third-order valence-electron chi connectivity index (χ3n) is 6.01. The Morgan fingerprint density at radius 3 is 1.53 bits per heavy atom. The molecule has 178 valence electrons. The third kappa shape index (κ3) is 8.49. The molecule has 8 heteroatoms. The largest absolute Gasteiger partial charge is 0.387 e. The summed E-state index contributed by atoms with van der Waals surface area (Å²) in [5.41, 5.74) is 5.54. The number of hydrogen-bond donors (Lipinski definition) is 6. The molecule has 0 aliphatic carbocycles. The maximum atomic E-state index is 12.2. The van der Waals surface area contributed by atoms with Gasteiger partial charge in [0, 0.05) is 0 Å². The molecule has 0 heterocycles. The minimum atomic E-state index is -2.49. The van der Waals surface area contributed by atoms with E-state index in [-0.39, 0.29) is 12.8 Å². The van der Waals surface area contributed by atoms with Crippen molar-refractivity contribution < 1.29 is 30.0 Å². The highest BCUT2D eigenvalue weighted by Crippen LogP contribution is 2.37. The molecule has 0 radical (unpaired) electrons. The lowest BCUT2D eigenvalue weighted by molar-refractivity contribution is -0.224. The molecule has 0 bridgehead atoms. The van der Waals surface area contributed by atoms with Crippen molar-refractivity contribution in [3.05, 3.63) is 0 Å². The normalized spacial score (nSPS) is 17.7. The van der Waals surface area contributed by atoms with Crippen LogP contribution in [0.1, 0.15) is 104 Å². The number of rotatable bonds is 19. The lowest BCUT2D eigenvalue weighted by Gasteiger charge is -2.45. The summed E-state index contributed by atoms with van der Waals surface area (Å²) in [5.74, 6) is -2.45. The van der Waals surface area contributed by atoms with E-state index in [1.54, 1.807) is 0 Å². The van der Waals surface area contributed by atoms with Gasteiger partial charge in [-0.05, 0) is 19.3 Å². The maximum Gasteiger partial charge on any atom is 0.252 e. The summed E-state index contributed by atoms with van der Waals surface area (Å²) in [4.78, 5) is 23.6. The van der Waals surface area contributed by atoms with Crippen LogP contribution in [0.3, 0.4) is 0 Å². The van der Waals surface area contributed by atoms with Crippen LogP contribution in [0.4, 0.5) is 0 Å². The van der Waals surface area contributed by atoms with Crippen molar-refractivity contribution in [2.45, 2.75) is 127 Å². The van der Waals surface area contributed by atoms with Crippen LogP contribution in [0.5, 0.6) is 0 Å². The van der Waals surface area contributed by atoms with Crippen molar-refractivity contribution in [3.63, 3.8) is 0 Å². The van der Waals surface area contributed by atoms with Gasteiger partial charge >= 0.3 is 0 Å². The minimum absolute atomic E-state index is 0.177. The zero-order chi connectivity index (χ0) is 23.2. The lowest BCUT2D eigenvalue weighted by Crippen LogP contribution is -2.70. The fourth-order valence-electron chi connectivity index (χ4n) is 3.91. The minimum Gasteiger partial charge on any atom is -0.387 e. The molecule has 0 aliphatic rings. The molecular formula is C22H44N2O6. The van der Waals surface area contributed by atoms with Crippen LogP contribution in [0.15, 0.2) is 0 Å². The molecule has 0 saturated carbocycles. The molecule has 0 spiro atoms. The monoisotopic (exact) mass is 432 g/mol. The second kappa shape index (κ2) is 14.7. The average Bonchev–Trinajstić information content (AvgIpc) is 2.71. The Labute approximate surface area is 181 Å². The van der Waals surface area contributed by atoms with E-state index in [0.717, 1.165) is 57.8 Å². The van der Waals surface area contributed by atoms with Gasteiger partial charge in [-0.3, -0.25) is 9.59 Å². The molecule has 8 nitrogen and oxygen atoms in total. The van der Waals surface area contributed by atoms with Crippen molar-refractivity contribution in [1.29, 1.82) is 0 Å². The van der Waals surface area contributed by atoms with Crippen molar-refractivity contribution >= 4 is 11.8 Å². The van der Waals surface area contributed by atoms with Gasteiger partial charge in [-0.25, -0.2) is 0 Å². The van der Waals surface area contributed by atoms with E-state index in [9.17, 15) is 30.0 Å². The van der Waals surface area contributed by atoms with Crippen LogP contribution in [0, 0.1) is 0 Å². The molecule has 0 aromatic heterocycles. The molecule has 8 N–H and O–H groups in total. The molecule has 0 saturated heterocycles. The predicted molar refractivity (Wildman–Crippen MR) is 116 cm³/mol. The van der Waals surface area contributed by atoms with E-state index in [1.165, 1.54) is 0 Å². The number of nitrogens with two attached hydrogens (primary N) is 2. The Morgan fingerprint density at radius 1 is 0.733 bits per heavy atom. The van der Waals surface area contributed by atoms with Crippen molar-refractivity contribution in [2.75, 3.05) is 0 Å². The van der Waals surface area contributed by atoms with Crippen LogP contribution in [-0.4, -0.2) is 55.7 Å². The SMILES string of the molecule is CCCCCCCCC(O)(C(N)=O)C(O)(CCCCCCCC)C(O)C(O)C(N)=O. The summed E-state index contributed by atoms with van der Waals surface area (Å²) < 4.78 is 0. The van der Waals surface area contributed by atoms with E-state index >= 15 is 0 Å². The molecule has 4 atom stereocenters. The van der Waals surface area contributed by atoms with Gasteiger partial charge in [0.2, 0.25) is 5.91 Å². The maximum absolute atomic E-state index is 12.2. The zero-order valence-electron chi connectivity index (χ0n) is 18.8. The molecule has 30 heavy (non-hydrogen) atoms. The Morgan fingerprint density at radius 2 is 1.13 bits per heavy atom. The third-order valence-corrected chi connectivity index (χ3v) is 6.01. The van der Waals surface area contributed by atoms with Crippen molar-refractivity contribution in [3.8, 4) is 0 Å². The highest BCUT2D eigenvalue weighted by atomic mass is 16.4. The number of aliphatic hydroxyl groups is 4.